The number of nitrogens with zero attached hydrogens (tertiary/aromatic N) is 2. The van der Waals surface area contributed by atoms with Crippen LogP contribution in [0.15, 0.2) is 27.3 Å². The number of anilines is 3. The summed E-state index contributed by atoms with van der Waals surface area (Å²) in [5.41, 5.74) is 0.790. The highest BCUT2D eigenvalue weighted by Gasteiger charge is 2.11. The SMILES string of the molecule is CCNc1ncc(Cl)c(Nc2cc(OC)c(Br)cc2Br)n1. The largest absolute Gasteiger partial charge is 0.495 e. The number of hydrogen-bond donors (Lipinski definition) is 2. The number of rotatable bonds is 5. The van der Waals surface area contributed by atoms with Gasteiger partial charge in [0, 0.05) is 17.1 Å². The van der Waals surface area contributed by atoms with Crippen molar-refractivity contribution < 1.29 is 4.74 Å². The van der Waals surface area contributed by atoms with Crippen molar-refractivity contribution in [2.24, 2.45) is 0 Å². The summed E-state index contributed by atoms with van der Waals surface area (Å²) < 4.78 is 6.99. The smallest absolute Gasteiger partial charge is 0.224 e. The van der Waals surface area contributed by atoms with Crippen molar-refractivity contribution in [1.29, 1.82) is 0 Å². The van der Waals surface area contributed by atoms with Crippen LogP contribution in [-0.2, 0) is 0 Å². The molecule has 0 unspecified atom stereocenters. The third-order valence-corrected chi connectivity index (χ3v) is 4.13. The van der Waals surface area contributed by atoms with E-state index in [4.69, 9.17) is 16.3 Å². The zero-order chi connectivity index (χ0) is 15.4. The van der Waals surface area contributed by atoms with Crippen LogP contribution in [0, 0.1) is 0 Å². The van der Waals surface area contributed by atoms with Gasteiger partial charge in [0.2, 0.25) is 5.95 Å². The Bertz CT molecular complexity index is 654. The fourth-order valence-electron chi connectivity index (χ4n) is 1.61. The Morgan fingerprint density at radius 3 is 2.71 bits per heavy atom. The van der Waals surface area contributed by atoms with E-state index in [-0.39, 0.29) is 0 Å². The first kappa shape index (κ1) is 16.3. The fourth-order valence-corrected chi connectivity index (χ4v) is 3.00. The van der Waals surface area contributed by atoms with Crippen LogP contribution < -0.4 is 15.4 Å². The lowest BCUT2D eigenvalue weighted by Gasteiger charge is -2.13. The van der Waals surface area contributed by atoms with Gasteiger partial charge < -0.3 is 15.4 Å². The molecule has 0 amide bonds. The number of ether oxygens (including phenoxy) is 1. The Kier molecular flexibility index (Phi) is 5.66. The van der Waals surface area contributed by atoms with Crippen molar-refractivity contribution in [2.45, 2.75) is 6.92 Å². The molecule has 0 aliphatic carbocycles. The van der Waals surface area contributed by atoms with Crippen LogP contribution in [-0.4, -0.2) is 23.6 Å². The molecular formula is C13H13Br2ClN4O. The number of hydrogen-bond acceptors (Lipinski definition) is 5. The zero-order valence-corrected chi connectivity index (χ0v) is 15.3. The maximum Gasteiger partial charge on any atom is 0.224 e. The molecule has 5 nitrogen and oxygen atoms in total. The highest BCUT2D eigenvalue weighted by Crippen LogP contribution is 2.36. The maximum atomic E-state index is 6.13. The van der Waals surface area contributed by atoms with E-state index in [1.165, 1.54) is 0 Å². The first-order chi connectivity index (χ1) is 10.0. The average molecular weight is 437 g/mol. The Balaban J connectivity index is 2.35. The number of aromatic nitrogens is 2. The van der Waals surface area contributed by atoms with Crippen molar-refractivity contribution in [2.75, 3.05) is 24.3 Å². The summed E-state index contributed by atoms with van der Waals surface area (Å²) in [5, 5.41) is 6.65. The first-order valence-corrected chi connectivity index (χ1v) is 8.08. The molecule has 0 atom stereocenters. The van der Waals surface area contributed by atoms with Gasteiger partial charge in [-0.2, -0.15) is 4.98 Å². The number of benzene rings is 1. The molecule has 0 saturated carbocycles. The summed E-state index contributed by atoms with van der Waals surface area (Å²) in [5.74, 6) is 1.75. The van der Waals surface area contributed by atoms with Crippen molar-refractivity contribution in [3.8, 4) is 5.75 Å². The lowest BCUT2D eigenvalue weighted by Crippen LogP contribution is -2.04. The monoisotopic (exact) mass is 434 g/mol. The minimum absolute atomic E-state index is 0.436. The molecule has 0 aliphatic rings. The molecule has 1 heterocycles. The van der Waals surface area contributed by atoms with E-state index < -0.39 is 0 Å². The summed E-state index contributed by atoms with van der Waals surface area (Å²) in [6, 6.07) is 3.74. The Morgan fingerprint density at radius 2 is 2.05 bits per heavy atom. The normalized spacial score (nSPS) is 10.3. The lowest BCUT2D eigenvalue weighted by molar-refractivity contribution is 0.412. The van der Waals surface area contributed by atoms with E-state index in [0.29, 0.717) is 22.5 Å². The molecule has 0 fully saturated rings. The second-order valence-corrected chi connectivity index (χ2v) is 6.13. The standard InChI is InChI=1S/C13H13Br2ClN4O/c1-3-17-13-18-6-9(16)12(20-13)19-10-5-11(21-2)8(15)4-7(10)14/h4-6H,3H2,1-2H3,(H2,17,18,19,20). The van der Waals surface area contributed by atoms with E-state index in [9.17, 15) is 0 Å². The van der Waals surface area contributed by atoms with Crippen LogP contribution in [0.1, 0.15) is 6.92 Å². The van der Waals surface area contributed by atoms with Crippen LogP contribution in [0.2, 0.25) is 5.02 Å². The van der Waals surface area contributed by atoms with Crippen LogP contribution in [0.25, 0.3) is 0 Å². The molecule has 2 aromatic rings. The van der Waals surface area contributed by atoms with E-state index in [0.717, 1.165) is 21.2 Å². The van der Waals surface area contributed by atoms with Crippen molar-refractivity contribution in [3.63, 3.8) is 0 Å². The third-order valence-electron chi connectivity index (χ3n) is 2.57. The topological polar surface area (TPSA) is 59.1 Å². The van der Waals surface area contributed by atoms with Gasteiger partial charge in [-0.1, -0.05) is 11.6 Å². The van der Waals surface area contributed by atoms with Gasteiger partial charge in [-0.25, -0.2) is 4.98 Å². The molecule has 112 valence electrons. The first-order valence-electron chi connectivity index (χ1n) is 6.11. The predicted octanol–water partition coefficient (Wildman–Crippen LogP) is 4.84. The molecule has 1 aromatic heterocycles. The summed E-state index contributed by atoms with van der Waals surface area (Å²) in [6.45, 7) is 2.71. The number of halogens is 3. The van der Waals surface area contributed by atoms with Crippen molar-refractivity contribution >= 4 is 60.9 Å². The van der Waals surface area contributed by atoms with E-state index in [2.05, 4.69) is 52.5 Å². The van der Waals surface area contributed by atoms with Crippen molar-refractivity contribution in [3.05, 3.63) is 32.3 Å². The third kappa shape index (κ3) is 3.99. The highest BCUT2D eigenvalue weighted by molar-refractivity contribution is 9.11. The van der Waals surface area contributed by atoms with Gasteiger partial charge in [-0.3, -0.25) is 0 Å². The van der Waals surface area contributed by atoms with Gasteiger partial charge in [-0.05, 0) is 44.8 Å². The lowest BCUT2D eigenvalue weighted by atomic mass is 10.3. The second-order valence-electron chi connectivity index (χ2n) is 4.01. The van der Waals surface area contributed by atoms with Gasteiger partial charge >= 0.3 is 0 Å². The molecule has 8 heteroatoms. The molecule has 0 radical (unpaired) electrons. The van der Waals surface area contributed by atoms with E-state index in [1.54, 1.807) is 13.3 Å². The van der Waals surface area contributed by atoms with Gasteiger partial charge in [0.25, 0.3) is 0 Å². The Labute approximate surface area is 144 Å². The molecule has 0 bridgehead atoms. The van der Waals surface area contributed by atoms with Crippen LogP contribution in [0.4, 0.5) is 17.5 Å². The molecule has 0 spiro atoms. The fraction of sp³-hybridized carbons (Fsp3) is 0.231. The average Bonchev–Trinajstić information content (AvgIpc) is 2.45. The van der Waals surface area contributed by atoms with E-state index in [1.807, 2.05) is 19.1 Å². The van der Waals surface area contributed by atoms with Crippen LogP contribution in [0.3, 0.4) is 0 Å². The van der Waals surface area contributed by atoms with Crippen LogP contribution >= 0.6 is 43.5 Å². The van der Waals surface area contributed by atoms with Gasteiger partial charge in [0.15, 0.2) is 5.82 Å². The summed E-state index contributed by atoms with van der Waals surface area (Å²) in [7, 11) is 1.61. The quantitative estimate of drug-likeness (QED) is 0.703. The number of nitrogens with one attached hydrogen (secondary N) is 2. The molecule has 0 aliphatic heterocycles. The Morgan fingerprint density at radius 1 is 1.29 bits per heavy atom. The van der Waals surface area contributed by atoms with Gasteiger partial charge in [0.05, 0.1) is 23.5 Å². The minimum atomic E-state index is 0.436. The summed E-state index contributed by atoms with van der Waals surface area (Å²) in [4.78, 5) is 8.44. The highest BCUT2D eigenvalue weighted by atomic mass is 79.9. The van der Waals surface area contributed by atoms with Gasteiger partial charge in [-0.15, -0.1) is 0 Å². The Hall–Kier alpha value is -1.05. The predicted molar refractivity (Wildman–Crippen MR) is 92.9 cm³/mol. The van der Waals surface area contributed by atoms with Gasteiger partial charge in [0.1, 0.15) is 10.8 Å². The molecule has 2 N–H and O–H groups in total. The molecular weight excluding hydrogens is 423 g/mol. The zero-order valence-electron chi connectivity index (χ0n) is 11.4. The maximum absolute atomic E-state index is 6.13. The molecule has 0 saturated heterocycles. The molecule has 2 rings (SSSR count). The minimum Gasteiger partial charge on any atom is -0.495 e. The molecule has 21 heavy (non-hydrogen) atoms. The van der Waals surface area contributed by atoms with Crippen molar-refractivity contribution in [1.82, 2.24) is 9.97 Å². The van der Waals surface area contributed by atoms with E-state index >= 15 is 0 Å². The summed E-state index contributed by atoms with van der Waals surface area (Å²) >= 11 is 13.1. The summed E-state index contributed by atoms with van der Waals surface area (Å²) in [6.07, 6.45) is 1.55. The second kappa shape index (κ2) is 7.29. The molecule has 1 aromatic carbocycles. The number of methoxy groups -OCH3 is 1. The van der Waals surface area contributed by atoms with Crippen LogP contribution in [0.5, 0.6) is 5.75 Å².